The third-order valence-electron chi connectivity index (χ3n) is 8.21. The molecule has 0 fully saturated rings. The second-order valence-corrected chi connectivity index (χ2v) is 11.0. The van der Waals surface area contributed by atoms with Gasteiger partial charge < -0.3 is 10.4 Å². The second kappa shape index (κ2) is 12.7. The maximum atomic E-state index is 11.6. The molecule has 0 unspecified atom stereocenters. The highest BCUT2D eigenvalue weighted by atomic mass is 16.4. The molecule has 210 valence electrons. The van der Waals surface area contributed by atoms with Crippen LogP contribution in [-0.2, 0) is 13.0 Å². The number of benzene rings is 5. The molecule has 0 aliphatic carbocycles. The van der Waals surface area contributed by atoms with Crippen LogP contribution in [0.4, 0.5) is 0 Å². The van der Waals surface area contributed by atoms with Crippen molar-refractivity contribution >= 4 is 28.0 Å². The SMILES string of the molecule is C=C(NCc1cccc2ccccc12)c1ccc(C)c(/C(C)=C(/C)CCc2ccc(-c3ccccc3C(=O)O)cc2)c1. The van der Waals surface area contributed by atoms with Gasteiger partial charge in [-0.3, -0.25) is 0 Å². The Morgan fingerprint density at radius 3 is 2.31 bits per heavy atom. The van der Waals surface area contributed by atoms with Gasteiger partial charge in [0.25, 0.3) is 0 Å². The fourth-order valence-corrected chi connectivity index (χ4v) is 5.49. The molecule has 0 heterocycles. The van der Waals surface area contributed by atoms with Crippen molar-refractivity contribution in [1.29, 1.82) is 0 Å². The van der Waals surface area contributed by atoms with E-state index in [-0.39, 0.29) is 0 Å². The molecular weight excluding hydrogens is 514 g/mol. The molecule has 0 radical (unpaired) electrons. The number of carboxylic acid groups (broad SMARTS) is 1. The van der Waals surface area contributed by atoms with Gasteiger partial charge in [0.1, 0.15) is 0 Å². The summed E-state index contributed by atoms with van der Waals surface area (Å²) in [7, 11) is 0. The number of hydrogen-bond acceptors (Lipinski definition) is 2. The molecule has 5 aromatic carbocycles. The van der Waals surface area contributed by atoms with E-state index in [1.54, 1.807) is 12.1 Å². The van der Waals surface area contributed by atoms with E-state index in [0.29, 0.717) is 5.56 Å². The van der Waals surface area contributed by atoms with Crippen molar-refractivity contribution in [3.05, 3.63) is 155 Å². The molecule has 0 saturated heterocycles. The van der Waals surface area contributed by atoms with E-state index in [1.165, 1.54) is 44.2 Å². The van der Waals surface area contributed by atoms with Gasteiger partial charge >= 0.3 is 5.97 Å². The van der Waals surface area contributed by atoms with E-state index in [4.69, 9.17) is 0 Å². The lowest BCUT2D eigenvalue weighted by molar-refractivity contribution is 0.0697. The lowest BCUT2D eigenvalue weighted by Crippen LogP contribution is -2.11. The van der Waals surface area contributed by atoms with Gasteiger partial charge in [0.15, 0.2) is 0 Å². The topological polar surface area (TPSA) is 49.3 Å². The van der Waals surface area contributed by atoms with Gasteiger partial charge in [0.2, 0.25) is 0 Å². The zero-order chi connectivity index (χ0) is 29.6. The summed E-state index contributed by atoms with van der Waals surface area (Å²) < 4.78 is 0. The van der Waals surface area contributed by atoms with Gasteiger partial charge in [-0.1, -0.05) is 109 Å². The fourth-order valence-electron chi connectivity index (χ4n) is 5.49. The summed E-state index contributed by atoms with van der Waals surface area (Å²) in [5.41, 5.74) is 11.6. The molecule has 0 atom stereocenters. The Bertz CT molecular complexity index is 1790. The summed E-state index contributed by atoms with van der Waals surface area (Å²) in [6.07, 6.45) is 1.86. The first-order valence-corrected chi connectivity index (χ1v) is 14.4. The summed E-state index contributed by atoms with van der Waals surface area (Å²) in [6.45, 7) is 11.7. The Balaban J connectivity index is 1.27. The summed E-state index contributed by atoms with van der Waals surface area (Å²) in [5.74, 6) is -0.908. The van der Waals surface area contributed by atoms with Gasteiger partial charge in [0, 0.05) is 12.2 Å². The smallest absolute Gasteiger partial charge is 0.336 e. The monoisotopic (exact) mass is 551 g/mol. The van der Waals surface area contributed by atoms with E-state index in [2.05, 4.69) is 105 Å². The molecule has 0 amide bonds. The quantitative estimate of drug-likeness (QED) is 0.182. The maximum absolute atomic E-state index is 11.6. The number of carboxylic acids is 1. The minimum absolute atomic E-state index is 0.323. The fraction of sp³-hybridized carbons (Fsp3) is 0.154. The van der Waals surface area contributed by atoms with Crippen molar-refractivity contribution < 1.29 is 9.90 Å². The number of hydrogen-bond donors (Lipinski definition) is 2. The minimum atomic E-state index is -0.908. The van der Waals surface area contributed by atoms with Gasteiger partial charge in [-0.15, -0.1) is 0 Å². The van der Waals surface area contributed by atoms with Crippen molar-refractivity contribution in [3.63, 3.8) is 0 Å². The molecular formula is C39H37NO2. The number of nitrogens with one attached hydrogen (secondary N) is 1. The molecule has 0 aliphatic rings. The molecule has 0 saturated carbocycles. The lowest BCUT2D eigenvalue weighted by Gasteiger charge is -2.16. The van der Waals surface area contributed by atoms with Crippen LogP contribution in [0.3, 0.4) is 0 Å². The first kappa shape index (κ1) is 28.6. The highest BCUT2D eigenvalue weighted by molar-refractivity contribution is 5.96. The molecule has 42 heavy (non-hydrogen) atoms. The molecule has 0 spiro atoms. The number of aromatic carboxylic acids is 1. The summed E-state index contributed by atoms with van der Waals surface area (Å²) >= 11 is 0. The Labute approximate surface area is 248 Å². The standard InChI is InChI=1S/C39H37NO2/c1-26(16-18-30-19-22-32(23-20-30)36-14-7-8-15-37(36)39(41)42)28(3)38-24-33(21-17-27(38)2)29(4)40-25-34-12-9-11-31-10-5-6-13-35(31)34/h5-15,17,19-24,40H,4,16,18,25H2,1-3H3,(H,41,42)/b28-26-. The Morgan fingerprint density at radius 1 is 0.810 bits per heavy atom. The van der Waals surface area contributed by atoms with Crippen molar-refractivity contribution in [2.45, 2.75) is 40.2 Å². The van der Waals surface area contributed by atoms with Crippen molar-refractivity contribution in [3.8, 4) is 11.1 Å². The third kappa shape index (κ3) is 6.37. The predicted molar refractivity (Wildman–Crippen MR) is 176 cm³/mol. The minimum Gasteiger partial charge on any atom is -0.478 e. The second-order valence-electron chi connectivity index (χ2n) is 11.0. The summed E-state index contributed by atoms with van der Waals surface area (Å²) in [4.78, 5) is 11.6. The third-order valence-corrected chi connectivity index (χ3v) is 8.21. The first-order chi connectivity index (χ1) is 20.3. The molecule has 0 aliphatic heterocycles. The van der Waals surface area contributed by atoms with E-state index in [0.717, 1.165) is 41.8 Å². The van der Waals surface area contributed by atoms with Crippen LogP contribution in [0, 0.1) is 6.92 Å². The average molecular weight is 552 g/mol. The number of aryl methyl sites for hydroxylation is 2. The van der Waals surface area contributed by atoms with Gasteiger partial charge in [0.05, 0.1) is 5.56 Å². The molecule has 3 heteroatoms. The molecule has 0 bridgehead atoms. The van der Waals surface area contributed by atoms with Crippen LogP contribution in [0.1, 0.15) is 58.4 Å². The number of allylic oxidation sites excluding steroid dienone is 2. The van der Waals surface area contributed by atoms with Crippen molar-refractivity contribution in [1.82, 2.24) is 5.32 Å². The molecule has 2 N–H and O–H groups in total. The highest BCUT2D eigenvalue weighted by Gasteiger charge is 2.12. The summed E-state index contributed by atoms with van der Waals surface area (Å²) in [6, 6.07) is 36.9. The Morgan fingerprint density at radius 2 is 1.52 bits per heavy atom. The van der Waals surface area contributed by atoms with Crippen LogP contribution in [0.15, 0.2) is 121 Å². The largest absolute Gasteiger partial charge is 0.478 e. The van der Waals surface area contributed by atoms with Crippen LogP contribution in [0.5, 0.6) is 0 Å². The highest BCUT2D eigenvalue weighted by Crippen LogP contribution is 2.29. The van der Waals surface area contributed by atoms with Gasteiger partial charge in [-0.05, 0) is 101 Å². The van der Waals surface area contributed by atoms with Gasteiger partial charge in [-0.2, -0.15) is 0 Å². The number of fused-ring (bicyclic) bond motifs is 1. The molecule has 3 nitrogen and oxygen atoms in total. The van der Waals surface area contributed by atoms with Gasteiger partial charge in [-0.25, -0.2) is 4.79 Å². The van der Waals surface area contributed by atoms with Crippen LogP contribution in [-0.4, -0.2) is 11.1 Å². The number of rotatable bonds is 10. The predicted octanol–water partition coefficient (Wildman–Crippen LogP) is 9.70. The van der Waals surface area contributed by atoms with Crippen LogP contribution in [0.2, 0.25) is 0 Å². The van der Waals surface area contributed by atoms with Crippen LogP contribution >= 0.6 is 0 Å². The molecule has 5 aromatic rings. The number of carbonyl (C=O) groups is 1. The van der Waals surface area contributed by atoms with Crippen LogP contribution < -0.4 is 5.32 Å². The zero-order valence-corrected chi connectivity index (χ0v) is 24.6. The zero-order valence-electron chi connectivity index (χ0n) is 24.6. The van der Waals surface area contributed by atoms with E-state index in [9.17, 15) is 9.90 Å². The van der Waals surface area contributed by atoms with E-state index < -0.39 is 5.97 Å². The van der Waals surface area contributed by atoms with E-state index in [1.807, 2.05) is 24.3 Å². The van der Waals surface area contributed by atoms with Crippen molar-refractivity contribution in [2.24, 2.45) is 0 Å². The maximum Gasteiger partial charge on any atom is 0.336 e. The Kier molecular flexibility index (Phi) is 8.68. The van der Waals surface area contributed by atoms with E-state index >= 15 is 0 Å². The molecule has 0 aromatic heterocycles. The summed E-state index contributed by atoms with van der Waals surface area (Å²) in [5, 5.41) is 15.6. The van der Waals surface area contributed by atoms with Crippen LogP contribution in [0.25, 0.3) is 33.2 Å². The molecule has 5 rings (SSSR count). The Hall–Kier alpha value is -4.89. The normalized spacial score (nSPS) is 11.7. The first-order valence-electron chi connectivity index (χ1n) is 14.4. The van der Waals surface area contributed by atoms with Crippen molar-refractivity contribution in [2.75, 3.05) is 0 Å². The lowest BCUT2D eigenvalue weighted by atomic mass is 9.92. The average Bonchev–Trinajstić information content (AvgIpc) is 3.02.